The van der Waals surface area contributed by atoms with Crippen molar-refractivity contribution in [3.8, 4) is 22.4 Å². The van der Waals surface area contributed by atoms with Crippen molar-refractivity contribution in [3.63, 3.8) is 0 Å². The number of halogens is 1. The van der Waals surface area contributed by atoms with E-state index in [0.29, 0.717) is 0 Å². The number of pyridine rings is 1. The van der Waals surface area contributed by atoms with Crippen molar-refractivity contribution in [1.29, 1.82) is 0 Å². The third-order valence-electron chi connectivity index (χ3n) is 5.67. The third kappa shape index (κ3) is 3.38. The third-order valence-corrected chi connectivity index (χ3v) is 5.92. The first-order valence-electron chi connectivity index (χ1n) is 10.2. The van der Waals surface area contributed by atoms with Gasteiger partial charge in [0.05, 0.1) is 16.7 Å². The molecule has 3 heterocycles. The van der Waals surface area contributed by atoms with Gasteiger partial charge >= 0.3 is 0 Å². The molecule has 0 aliphatic carbocycles. The highest BCUT2D eigenvalue weighted by atomic mass is 35.5. The lowest BCUT2D eigenvalue weighted by molar-refractivity contribution is 0.750. The molecule has 1 fully saturated rings. The van der Waals surface area contributed by atoms with Crippen molar-refractivity contribution >= 4 is 28.6 Å². The van der Waals surface area contributed by atoms with Crippen LogP contribution in [0.4, 0.5) is 5.95 Å². The molecule has 0 spiro atoms. The van der Waals surface area contributed by atoms with E-state index in [-0.39, 0.29) is 0 Å². The van der Waals surface area contributed by atoms with Crippen LogP contribution in [-0.4, -0.2) is 27.6 Å². The first-order valence-corrected chi connectivity index (χ1v) is 10.6. The Morgan fingerprint density at radius 1 is 0.897 bits per heavy atom. The first kappa shape index (κ1) is 18.2. The van der Waals surface area contributed by atoms with Gasteiger partial charge in [0.1, 0.15) is 0 Å². The zero-order valence-electron chi connectivity index (χ0n) is 16.5. The van der Waals surface area contributed by atoms with E-state index in [1.54, 1.807) is 0 Å². The molecule has 1 aliphatic rings. The minimum atomic E-state index is 0.742. The summed E-state index contributed by atoms with van der Waals surface area (Å²) in [5, 5.41) is 0.742. The monoisotopic (exact) mass is 402 g/mol. The van der Waals surface area contributed by atoms with Crippen LogP contribution in [0.1, 0.15) is 19.8 Å². The number of benzene rings is 2. The topological polar surface area (TPSA) is 34.0 Å². The Kier molecular flexibility index (Phi) is 4.72. The molecular weight excluding hydrogens is 380 g/mol. The Morgan fingerprint density at radius 3 is 2.31 bits per heavy atom. The molecule has 146 valence electrons. The molecule has 0 radical (unpaired) electrons. The number of hydrogen-bond donors (Lipinski definition) is 0. The van der Waals surface area contributed by atoms with E-state index in [4.69, 9.17) is 21.6 Å². The maximum Gasteiger partial charge on any atom is 0.206 e. The van der Waals surface area contributed by atoms with Gasteiger partial charge in [-0.2, -0.15) is 0 Å². The number of aromatic nitrogens is 3. The molecule has 5 heteroatoms. The second-order valence-corrected chi connectivity index (χ2v) is 7.93. The Balaban J connectivity index is 1.49. The molecule has 5 rings (SSSR count). The van der Waals surface area contributed by atoms with E-state index in [2.05, 4.69) is 46.7 Å². The van der Waals surface area contributed by atoms with Crippen LogP contribution in [0.2, 0.25) is 5.02 Å². The Morgan fingerprint density at radius 2 is 1.62 bits per heavy atom. The van der Waals surface area contributed by atoms with Gasteiger partial charge in [-0.25, -0.2) is 4.98 Å². The smallest absolute Gasteiger partial charge is 0.206 e. The summed E-state index contributed by atoms with van der Waals surface area (Å²) in [6.45, 7) is 5.31. The number of fused-ring (bicyclic) bond motifs is 1. The number of rotatable bonds is 4. The standard InChI is InChI=1S/C24H23ClN4/c1-2-29-23-12-8-18(15-22(23)27-24(29)28-13-3-4-14-28)21-11-7-19(16-26-21)17-5-9-20(25)10-6-17/h5-12,15-16H,2-4,13-14H2,1H3. The number of nitrogens with zero attached hydrogens (tertiary/aromatic N) is 4. The van der Waals surface area contributed by atoms with E-state index >= 15 is 0 Å². The van der Waals surface area contributed by atoms with Crippen molar-refractivity contribution < 1.29 is 0 Å². The van der Waals surface area contributed by atoms with Crippen molar-refractivity contribution in [2.75, 3.05) is 18.0 Å². The molecule has 0 atom stereocenters. The van der Waals surface area contributed by atoms with Crippen LogP contribution in [-0.2, 0) is 6.54 Å². The largest absolute Gasteiger partial charge is 0.342 e. The fraction of sp³-hybridized carbons (Fsp3) is 0.250. The molecule has 0 N–H and O–H groups in total. The fourth-order valence-electron chi connectivity index (χ4n) is 4.12. The molecule has 2 aromatic carbocycles. The predicted molar refractivity (Wildman–Crippen MR) is 121 cm³/mol. The molecule has 0 unspecified atom stereocenters. The normalized spacial score (nSPS) is 14.1. The summed E-state index contributed by atoms with van der Waals surface area (Å²) >= 11 is 5.99. The molecule has 29 heavy (non-hydrogen) atoms. The predicted octanol–water partition coefficient (Wildman–Crippen LogP) is 6.04. The van der Waals surface area contributed by atoms with Gasteiger partial charge in [-0.3, -0.25) is 4.98 Å². The van der Waals surface area contributed by atoms with Crippen LogP contribution in [0, 0.1) is 0 Å². The number of aryl methyl sites for hydroxylation is 1. The summed E-state index contributed by atoms with van der Waals surface area (Å²) in [5.41, 5.74) is 6.47. The second-order valence-electron chi connectivity index (χ2n) is 7.49. The number of anilines is 1. The van der Waals surface area contributed by atoms with Crippen LogP contribution in [0.5, 0.6) is 0 Å². The molecule has 4 nitrogen and oxygen atoms in total. The average molecular weight is 403 g/mol. The van der Waals surface area contributed by atoms with E-state index in [0.717, 1.165) is 58.5 Å². The summed E-state index contributed by atoms with van der Waals surface area (Å²) in [6, 6.07) is 18.5. The molecule has 1 saturated heterocycles. The molecule has 0 amide bonds. The molecular formula is C24H23ClN4. The molecule has 2 aromatic heterocycles. The van der Waals surface area contributed by atoms with Gasteiger partial charge in [0.15, 0.2) is 0 Å². The van der Waals surface area contributed by atoms with Gasteiger partial charge in [0.25, 0.3) is 0 Å². The summed E-state index contributed by atoms with van der Waals surface area (Å²) in [7, 11) is 0. The maximum atomic E-state index is 5.99. The van der Waals surface area contributed by atoms with Crippen molar-refractivity contribution in [1.82, 2.24) is 14.5 Å². The van der Waals surface area contributed by atoms with Crippen LogP contribution < -0.4 is 4.90 Å². The van der Waals surface area contributed by atoms with E-state index in [1.165, 1.54) is 18.4 Å². The van der Waals surface area contributed by atoms with Crippen molar-refractivity contribution in [2.24, 2.45) is 0 Å². The minimum Gasteiger partial charge on any atom is -0.342 e. The van der Waals surface area contributed by atoms with Crippen molar-refractivity contribution in [2.45, 2.75) is 26.3 Å². The van der Waals surface area contributed by atoms with Gasteiger partial charge in [0.2, 0.25) is 5.95 Å². The van der Waals surface area contributed by atoms with E-state index in [1.807, 2.05) is 30.5 Å². The lowest BCUT2D eigenvalue weighted by atomic mass is 10.1. The zero-order valence-corrected chi connectivity index (χ0v) is 17.2. The SMILES string of the molecule is CCn1c(N2CCCC2)nc2cc(-c3ccc(-c4ccc(Cl)cc4)cn3)ccc21. The first-order chi connectivity index (χ1) is 14.2. The highest BCUT2D eigenvalue weighted by molar-refractivity contribution is 6.30. The van der Waals surface area contributed by atoms with Crippen LogP contribution in [0.25, 0.3) is 33.4 Å². The summed E-state index contributed by atoms with van der Waals surface area (Å²) in [6.07, 6.45) is 4.42. The Labute approximate surface area is 175 Å². The van der Waals surface area contributed by atoms with Crippen molar-refractivity contribution in [3.05, 3.63) is 65.8 Å². The maximum absolute atomic E-state index is 5.99. The fourth-order valence-corrected chi connectivity index (χ4v) is 4.25. The van der Waals surface area contributed by atoms with Gasteiger partial charge in [0, 0.05) is 42.0 Å². The van der Waals surface area contributed by atoms with Gasteiger partial charge in [-0.05, 0) is 55.7 Å². The lowest BCUT2D eigenvalue weighted by Gasteiger charge is -2.17. The Bertz CT molecular complexity index is 1140. The quantitative estimate of drug-likeness (QED) is 0.417. The van der Waals surface area contributed by atoms with Gasteiger partial charge in [-0.1, -0.05) is 35.9 Å². The molecule has 4 aromatic rings. The van der Waals surface area contributed by atoms with Gasteiger partial charge < -0.3 is 9.47 Å². The van der Waals surface area contributed by atoms with E-state index in [9.17, 15) is 0 Å². The Hall–Kier alpha value is -2.85. The van der Waals surface area contributed by atoms with Crippen LogP contribution >= 0.6 is 11.6 Å². The molecule has 0 bridgehead atoms. The molecule has 0 saturated carbocycles. The highest BCUT2D eigenvalue weighted by Gasteiger charge is 2.19. The highest BCUT2D eigenvalue weighted by Crippen LogP contribution is 2.29. The van der Waals surface area contributed by atoms with Crippen LogP contribution in [0.15, 0.2) is 60.8 Å². The molecule has 1 aliphatic heterocycles. The van der Waals surface area contributed by atoms with E-state index < -0.39 is 0 Å². The average Bonchev–Trinajstić information content (AvgIpc) is 3.41. The zero-order chi connectivity index (χ0) is 19.8. The number of hydrogen-bond acceptors (Lipinski definition) is 3. The summed E-state index contributed by atoms with van der Waals surface area (Å²) in [5.74, 6) is 1.10. The second kappa shape index (κ2) is 7.53. The summed E-state index contributed by atoms with van der Waals surface area (Å²) < 4.78 is 2.32. The lowest BCUT2D eigenvalue weighted by Crippen LogP contribution is -2.21. The minimum absolute atomic E-state index is 0.742. The van der Waals surface area contributed by atoms with Crippen LogP contribution in [0.3, 0.4) is 0 Å². The summed E-state index contributed by atoms with van der Waals surface area (Å²) in [4.78, 5) is 12.1. The number of imidazole rings is 1. The van der Waals surface area contributed by atoms with Gasteiger partial charge in [-0.15, -0.1) is 0 Å².